The van der Waals surface area contributed by atoms with Crippen molar-refractivity contribution in [3.63, 3.8) is 0 Å². The number of benzene rings is 1. The zero-order chi connectivity index (χ0) is 14.2. The van der Waals surface area contributed by atoms with Crippen molar-refractivity contribution in [2.75, 3.05) is 11.5 Å². The lowest BCUT2D eigenvalue weighted by molar-refractivity contribution is -0.118. The lowest BCUT2D eigenvalue weighted by Crippen LogP contribution is -2.24. The summed E-state index contributed by atoms with van der Waals surface area (Å²) in [6.45, 7) is 0.396. The number of hydrogen-bond acceptors (Lipinski definition) is 4. The van der Waals surface area contributed by atoms with E-state index in [1.165, 1.54) is 11.8 Å². The molecule has 1 aromatic carbocycles. The minimum Gasteiger partial charge on any atom is -0.467 e. The zero-order valence-electron chi connectivity index (χ0n) is 11.0. The Morgan fingerprint density at radius 1 is 1.25 bits per heavy atom. The van der Waals surface area contributed by atoms with Gasteiger partial charge in [0.1, 0.15) is 5.76 Å². The molecular formula is C15H17NO3S. The van der Waals surface area contributed by atoms with Crippen LogP contribution >= 0.6 is 11.8 Å². The molecule has 20 heavy (non-hydrogen) atoms. The fourth-order valence-corrected chi connectivity index (χ4v) is 2.51. The number of rotatable bonds is 7. The molecule has 0 aliphatic carbocycles. The van der Waals surface area contributed by atoms with Crippen LogP contribution in [0.4, 0.5) is 0 Å². The number of furan rings is 1. The third kappa shape index (κ3) is 4.75. The number of carbonyl (C=O) groups excluding carboxylic acids is 1. The summed E-state index contributed by atoms with van der Waals surface area (Å²) in [5.74, 6) is 1.49. The second-order valence-electron chi connectivity index (χ2n) is 4.30. The molecule has 1 unspecified atom stereocenters. The third-order valence-corrected chi connectivity index (χ3v) is 3.75. The van der Waals surface area contributed by atoms with Gasteiger partial charge in [0.25, 0.3) is 0 Å². The van der Waals surface area contributed by atoms with Gasteiger partial charge in [-0.1, -0.05) is 30.3 Å². The smallest absolute Gasteiger partial charge is 0.230 e. The van der Waals surface area contributed by atoms with Gasteiger partial charge in [-0.3, -0.25) is 4.79 Å². The number of aliphatic hydroxyl groups is 1. The topological polar surface area (TPSA) is 62.5 Å². The van der Waals surface area contributed by atoms with E-state index in [9.17, 15) is 9.90 Å². The monoisotopic (exact) mass is 291 g/mol. The molecule has 1 heterocycles. The first-order chi connectivity index (χ1) is 9.75. The number of aliphatic hydroxyl groups excluding tert-OH is 1. The highest BCUT2D eigenvalue weighted by molar-refractivity contribution is 7.99. The lowest BCUT2D eigenvalue weighted by Gasteiger charge is -2.10. The van der Waals surface area contributed by atoms with Crippen molar-refractivity contribution in [3.8, 4) is 0 Å². The maximum absolute atomic E-state index is 11.6. The molecule has 2 rings (SSSR count). The van der Waals surface area contributed by atoms with Gasteiger partial charge in [-0.15, -0.1) is 11.8 Å². The Labute approximate surface area is 122 Å². The largest absolute Gasteiger partial charge is 0.467 e. The molecular weight excluding hydrogens is 274 g/mol. The third-order valence-electron chi connectivity index (χ3n) is 2.73. The molecule has 0 aliphatic rings. The first-order valence-corrected chi connectivity index (χ1v) is 7.51. The van der Waals surface area contributed by atoms with E-state index in [4.69, 9.17) is 4.42 Å². The van der Waals surface area contributed by atoms with Crippen LogP contribution in [0.5, 0.6) is 0 Å². The predicted molar refractivity (Wildman–Crippen MR) is 79.3 cm³/mol. The first-order valence-electron chi connectivity index (χ1n) is 6.35. The molecule has 1 atom stereocenters. The lowest BCUT2D eigenvalue weighted by atomic mass is 10.1. The fraction of sp³-hybridized carbons (Fsp3) is 0.267. The van der Waals surface area contributed by atoms with Crippen molar-refractivity contribution in [1.29, 1.82) is 0 Å². The average Bonchev–Trinajstić information content (AvgIpc) is 2.99. The summed E-state index contributed by atoms with van der Waals surface area (Å²) in [5.41, 5.74) is 0.871. The number of nitrogens with one attached hydrogen (secondary N) is 1. The molecule has 1 aromatic heterocycles. The SMILES string of the molecule is O=C(CSCC(O)c1ccccc1)NCc1ccco1. The van der Waals surface area contributed by atoms with Crippen molar-refractivity contribution in [1.82, 2.24) is 5.32 Å². The molecule has 0 aliphatic heterocycles. The van der Waals surface area contributed by atoms with Crippen LogP contribution in [0.1, 0.15) is 17.4 Å². The van der Waals surface area contributed by atoms with Gasteiger partial charge in [-0.05, 0) is 17.7 Å². The molecule has 4 nitrogen and oxygen atoms in total. The molecule has 0 saturated carbocycles. The van der Waals surface area contributed by atoms with Gasteiger partial charge in [0.2, 0.25) is 5.91 Å². The first kappa shape index (κ1) is 14.7. The van der Waals surface area contributed by atoms with Crippen LogP contribution in [0.15, 0.2) is 53.1 Å². The molecule has 0 spiro atoms. The highest BCUT2D eigenvalue weighted by Gasteiger charge is 2.09. The minimum absolute atomic E-state index is 0.0633. The summed E-state index contributed by atoms with van der Waals surface area (Å²) < 4.78 is 5.12. The van der Waals surface area contributed by atoms with Gasteiger partial charge < -0.3 is 14.8 Å². The van der Waals surface area contributed by atoms with Crippen molar-refractivity contribution in [2.45, 2.75) is 12.6 Å². The van der Waals surface area contributed by atoms with Crippen LogP contribution in [0, 0.1) is 0 Å². The van der Waals surface area contributed by atoms with E-state index in [0.29, 0.717) is 18.1 Å². The van der Waals surface area contributed by atoms with E-state index in [0.717, 1.165) is 11.3 Å². The highest BCUT2D eigenvalue weighted by atomic mass is 32.2. The Kier molecular flexibility index (Phi) is 5.70. The van der Waals surface area contributed by atoms with Crippen LogP contribution in [0.2, 0.25) is 0 Å². The Morgan fingerprint density at radius 3 is 2.75 bits per heavy atom. The Morgan fingerprint density at radius 2 is 2.05 bits per heavy atom. The number of hydrogen-bond donors (Lipinski definition) is 2. The highest BCUT2D eigenvalue weighted by Crippen LogP contribution is 2.17. The molecule has 0 radical (unpaired) electrons. The molecule has 5 heteroatoms. The molecule has 1 amide bonds. The Hall–Kier alpha value is -1.72. The summed E-state index contributed by atoms with van der Waals surface area (Å²) in [7, 11) is 0. The summed E-state index contributed by atoms with van der Waals surface area (Å²) >= 11 is 1.41. The standard InChI is InChI=1S/C15H17NO3S/c17-14(12-5-2-1-3-6-12)10-20-11-15(18)16-9-13-7-4-8-19-13/h1-8,14,17H,9-11H2,(H,16,18). The van der Waals surface area contributed by atoms with Crippen LogP contribution in [-0.4, -0.2) is 22.5 Å². The van der Waals surface area contributed by atoms with Crippen LogP contribution in [0.3, 0.4) is 0 Å². The van der Waals surface area contributed by atoms with Crippen molar-refractivity contribution >= 4 is 17.7 Å². The second-order valence-corrected chi connectivity index (χ2v) is 5.33. The second kappa shape index (κ2) is 7.77. The van der Waals surface area contributed by atoms with Crippen LogP contribution in [-0.2, 0) is 11.3 Å². The van der Waals surface area contributed by atoms with E-state index < -0.39 is 6.10 Å². The van der Waals surface area contributed by atoms with Crippen molar-refractivity contribution < 1.29 is 14.3 Å². The zero-order valence-corrected chi connectivity index (χ0v) is 11.8. The average molecular weight is 291 g/mol. The molecule has 0 bridgehead atoms. The molecule has 2 aromatic rings. The summed E-state index contributed by atoms with van der Waals surface area (Å²) in [5, 5.41) is 12.7. The van der Waals surface area contributed by atoms with E-state index in [1.807, 2.05) is 36.4 Å². The van der Waals surface area contributed by atoms with Gasteiger partial charge in [0.05, 0.1) is 24.7 Å². The fourth-order valence-electron chi connectivity index (χ4n) is 1.68. The van der Waals surface area contributed by atoms with Gasteiger partial charge in [0, 0.05) is 5.75 Å². The summed E-state index contributed by atoms with van der Waals surface area (Å²) in [6, 6.07) is 13.0. The minimum atomic E-state index is -0.543. The molecule has 0 fully saturated rings. The number of carbonyl (C=O) groups is 1. The molecule has 0 saturated heterocycles. The maximum atomic E-state index is 11.6. The van der Waals surface area contributed by atoms with E-state index in [-0.39, 0.29) is 5.91 Å². The quantitative estimate of drug-likeness (QED) is 0.822. The normalized spacial score (nSPS) is 12.1. The Balaban J connectivity index is 1.64. The molecule has 106 valence electrons. The van der Waals surface area contributed by atoms with E-state index >= 15 is 0 Å². The predicted octanol–water partition coefficient (Wildman–Crippen LogP) is 2.36. The molecule has 2 N–H and O–H groups in total. The van der Waals surface area contributed by atoms with E-state index in [2.05, 4.69) is 5.32 Å². The summed E-state index contributed by atoms with van der Waals surface area (Å²) in [4.78, 5) is 11.6. The number of thioether (sulfide) groups is 1. The van der Waals surface area contributed by atoms with Gasteiger partial charge in [-0.25, -0.2) is 0 Å². The van der Waals surface area contributed by atoms with Crippen molar-refractivity contribution in [2.24, 2.45) is 0 Å². The van der Waals surface area contributed by atoms with Crippen molar-refractivity contribution in [3.05, 3.63) is 60.1 Å². The van der Waals surface area contributed by atoms with Gasteiger partial charge >= 0.3 is 0 Å². The van der Waals surface area contributed by atoms with Gasteiger partial charge in [0.15, 0.2) is 0 Å². The maximum Gasteiger partial charge on any atom is 0.230 e. The van der Waals surface area contributed by atoms with Crippen LogP contribution in [0.25, 0.3) is 0 Å². The Bertz CT molecular complexity index is 513. The van der Waals surface area contributed by atoms with Gasteiger partial charge in [-0.2, -0.15) is 0 Å². The van der Waals surface area contributed by atoms with Crippen LogP contribution < -0.4 is 5.32 Å². The summed E-state index contributed by atoms with van der Waals surface area (Å²) in [6.07, 6.45) is 1.03. The number of amides is 1. The van der Waals surface area contributed by atoms with E-state index in [1.54, 1.807) is 12.3 Å².